The summed E-state index contributed by atoms with van der Waals surface area (Å²) in [6.07, 6.45) is 1.41. The van der Waals surface area contributed by atoms with Gasteiger partial charge in [-0.25, -0.2) is 15.0 Å². The molecule has 0 spiro atoms. The van der Waals surface area contributed by atoms with Gasteiger partial charge in [0.2, 0.25) is 0 Å². The van der Waals surface area contributed by atoms with Crippen LogP contribution in [0.4, 0.5) is 13.2 Å². The molecule has 1 amide bonds. The number of carbonyl (C=O) groups is 1. The molecule has 0 aromatic carbocycles. The number of rotatable bonds is 4. The highest BCUT2D eigenvalue weighted by Crippen LogP contribution is 2.29. The molecule has 1 aliphatic carbocycles. The Kier molecular flexibility index (Phi) is 4.71. The summed E-state index contributed by atoms with van der Waals surface area (Å²) in [5.41, 5.74) is -1.56. The summed E-state index contributed by atoms with van der Waals surface area (Å²) < 4.78 is 39.9. The molecule has 2 heterocycles. The number of halogens is 3. The highest BCUT2D eigenvalue weighted by Gasteiger charge is 2.36. The van der Waals surface area contributed by atoms with Crippen molar-refractivity contribution in [1.82, 2.24) is 24.8 Å². The summed E-state index contributed by atoms with van der Waals surface area (Å²) in [5.74, 6) is -0.633. The van der Waals surface area contributed by atoms with Crippen LogP contribution in [0.3, 0.4) is 0 Å². The van der Waals surface area contributed by atoms with E-state index in [-0.39, 0.29) is 11.6 Å². The predicted octanol–water partition coefficient (Wildman–Crippen LogP) is 1.26. The molecule has 3 atom stereocenters. The van der Waals surface area contributed by atoms with Crippen LogP contribution in [0.5, 0.6) is 0 Å². The molecule has 25 heavy (non-hydrogen) atoms. The summed E-state index contributed by atoms with van der Waals surface area (Å²) in [5, 5.41) is 12.7. The van der Waals surface area contributed by atoms with Crippen molar-refractivity contribution in [2.75, 3.05) is 0 Å². The predicted molar refractivity (Wildman–Crippen MR) is 79.2 cm³/mol. The Labute approximate surface area is 140 Å². The minimum atomic E-state index is -4.65. The molecule has 0 bridgehead atoms. The van der Waals surface area contributed by atoms with Gasteiger partial charge in [0.15, 0.2) is 0 Å². The Morgan fingerprint density at radius 3 is 2.84 bits per heavy atom. The molecular formula is C15H16F3N5O2. The third kappa shape index (κ3) is 4.13. The number of carbonyl (C=O) groups excluding carboxylic acids is 1. The highest BCUT2D eigenvalue weighted by molar-refractivity contribution is 5.92. The first-order valence-electron chi connectivity index (χ1n) is 7.67. The van der Waals surface area contributed by atoms with Crippen molar-refractivity contribution in [2.24, 2.45) is 5.92 Å². The summed E-state index contributed by atoms with van der Waals surface area (Å²) in [7, 11) is 0. The monoisotopic (exact) mass is 355 g/mol. The van der Waals surface area contributed by atoms with Gasteiger partial charge in [-0.3, -0.25) is 4.79 Å². The smallest absolute Gasteiger partial charge is 0.391 e. The van der Waals surface area contributed by atoms with E-state index in [4.69, 9.17) is 0 Å². The summed E-state index contributed by atoms with van der Waals surface area (Å²) >= 11 is 0. The number of nitrogens with zero attached hydrogens (tertiary/aromatic N) is 4. The molecule has 1 saturated carbocycles. The fourth-order valence-electron chi connectivity index (χ4n) is 2.99. The van der Waals surface area contributed by atoms with Gasteiger partial charge in [0.25, 0.3) is 5.91 Å². The lowest BCUT2D eigenvalue weighted by Gasteiger charge is -2.16. The molecule has 1 unspecified atom stereocenters. The van der Waals surface area contributed by atoms with Crippen LogP contribution in [0.15, 0.2) is 31.1 Å². The maximum absolute atomic E-state index is 12.7. The summed E-state index contributed by atoms with van der Waals surface area (Å²) in [4.78, 5) is 22.8. The van der Waals surface area contributed by atoms with Gasteiger partial charge < -0.3 is 15.0 Å². The number of amides is 1. The number of nitrogens with one attached hydrogen (secondary N) is 1. The van der Waals surface area contributed by atoms with Crippen molar-refractivity contribution in [3.8, 4) is 0 Å². The summed E-state index contributed by atoms with van der Waals surface area (Å²) in [6, 6.07) is 0.0601. The Bertz CT molecular complexity index is 735. The van der Waals surface area contributed by atoms with Gasteiger partial charge in [0.05, 0.1) is 18.5 Å². The maximum atomic E-state index is 12.7. The van der Waals surface area contributed by atoms with Crippen molar-refractivity contribution in [3.63, 3.8) is 0 Å². The molecule has 3 rings (SSSR count). The third-order valence-electron chi connectivity index (χ3n) is 4.16. The lowest BCUT2D eigenvalue weighted by atomic mass is 10.1. The zero-order valence-corrected chi connectivity index (χ0v) is 13.0. The maximum Gasteiger partial charge on any atom is 0.433 e. The fourth-order valence-corrected chi connectivity index (χ4v) is 2.99. The van der Waals surface area contributed by atoms with E-state index >= 15 is 0 Å². The molecule has 1 aliphatic rings. The zero-order valence-electron chi connectivity index (χ0n) is 13.0. The average Bonchev–Trinajstić information content (AvgIpc) is 3.17. The van der Waals surface area contributed by atoms with E-state index in [9.17, 15) is 23.1 Å². The van der Waals surface area contributed by atoms with Gasteiger partial charge in [-0.1, -0.05) is 0 Å². The van der Waals surface area contributed by atoms with Gasteiger partial charge in [-0.05, 0) is 18.8 Å². The average molecular weight is 355 g/mol. The number of alkyl halides is 3. The number of aliphatic hydroxyl groups is 1. The van der Waals surface area contributed by atoms with Gasteiger partial charge in [0.1, 0.15) is 17.7 Å². The van der Waals surface area contributed by atoms with Gasteiger partial charge in [-0.2, -0.15) is 13.2 Å². The Morgan fingerprint density at radius 1 is 1.36 bits per heavy atom. The van der Waals surface area contributed by atoms with Crippen LogP contribution in [0.1, 0.15) is 29.0 Å². The van der Waals surface area contributed by atoms with Crippen molar-refractivity contribution in [3.05, 3.63) is 42.5 Å². The Hall–Kier alpha value is -2.49. The first kappa shape index (κ1) is 17.3. The zero-order chi connectivity index (χ0) is 18.0. The largest absolute Gasteiger partial charge is 0.433 e. The van der Waals surface area contributed by atoms with Crippen LogP contribution < -0.4 is 5.32 Å². The minimum Gasteiger partial charge on any atom is -0.391 e. The third-order valence-corrected chi connectivity index (χ3v) is 4.16. The first-order valence-corrected chi connectivity index (χ1v) is 7.67. The van der Waals surface area contributed by atoms with Crippen LogP contribution in [0, 0.1) is 5.92 Å². The standard InChI is InChI=1S/C15H16F3N5O2/c16-15(17,18)13-5-11(20-7-21-13)14(25)22-10-3-9(4-12(10)24)6-23-2-1-19-8-23/h1-2,5,7-10,12,24H,3-4,6H2,(H,22,25)/t9?,10-,12-/m1/s1. The van der Waals surface area contributed by atoms with Gasteiger partial charge in [0, 0.05) is 25.0 Å². The van der Waals surface area contributed by atoms with E-state index in [1.165, 1.54) is 0 Å². The minimum absolute atomic E-state index is 0.130. The number of hydrogen-bond acceptors (Lipinski definition) is 5. The topological polar surface area (TPSA) is 92.9 Å². The van der Waals surface area contributed by atoms with E-state index in [0.717, 1.165) is 0 Å². The number of imidazole rings is 1. The van der Waals surface area contributed by atoms with Crippen LogP contribution >= 0.6 is 0 Å². The first-order chi connectivity index (χ1) is 11.8. The van der Waals surface area contributed by atoms with Crippen LogP contribution in [-0.2, 0) is 12.7 Å². The van der Waals surface area contributed by atoms with E-state index in [0.29, 0.717) is 31.8 Å². The van der Waals surface area contributed by atoms with Gasteiger partial charge in [-0.15, -0.1) is 0 Å². The second-order valence-electron chi connectivity index (χ2n) is 6.03. The normalized spacial score (nSPS) is 23.6. The molecule has 0 saturated heterocycles. The second-order valence-corrected chi connectivity index (χ2v) is 6.03. The quantitative estimate of drug-likeness (QED) is 0.861. The molecule has 7 nitrogen and oxygen atoms in total. The van der Waals surface area contributed by atoms with Gasteiger partial charge >= 0.3 is 6.18 Å². The van der Waals surface area contributed by atoms with Crippen molar-refractivity contribution in [2.45, 2.75) is 37.7 Å². The van der Waals surface area contributed by atoms with Crippen LogP contribution in [-0.4, -0.2) is 42.7 Å². The molecule has 2 N–H and O–H groups in total. The molecule has 134 valence electrons. The molecule has 2 aromatic rings. The second kappa shape index (κ2) is 6.79. The Morgan fingerprint density at radius 2 is 2.16 bits per heavy atom. The number of aromatic nitrogens is 4. The SMILES string of the molecule is O=C(N[C@@H]1CC(Cn2ccnc2)C[C@H]1O)c1cc(C(F)(F)F)ncn1. The fraction of sp³-hybridized carbons (Fsp3) is 0.467. The van der Waals surface area contributed by atoms with E-state index in [1.807, 2.05) is 4.57 Å². The molecule has 0 aliphatic heterocycles. The van der Waals surface area contributed by atoms with E-state index < -0.39 is 29.9 Å². The lowest BCUT2D eigenvalue weighted by molar-refractivity contribution is -0.141. The number of hydrogen-bond donors (Lipinski definition) is 2. The highest BCUT2D eigenvalue weighted by atomic mass is 19.4. The molecule has 2 aromatic heterocycles. The molecular weight excluding hydrogens is 339 g/mol. The lowest BCUT2D eigenvalue weighted by Crippen LogP contribution is -2.40. The van der Waals surface area contributed by atoms with Crippen LogP contribution in [0.2, 0.25) is 0 Å². The van der Waals surface area contributed by atoms with Crippen molar-refractivity contribution in [1.29, 1.82) is 0 Å². The molecule has 10 heteroatoms. The number of aliphatic hydroxyl groups excluding tert-OH is 1. The van der Waals surface area contributed by atoms with Crippen LogP contribution in [0.25, 0.3) is 0 Å². The van der Waals surface area contributed by atoms with Crippen molar-refractivity contribution < 1.29 is 23.1 Å². The Balaban J connectivity index is 1.63. The van der Waals surface area contributed by atoms with E-state index in [2.05, 4.69) is 20.3 Å². The molecule has 1 fully saturated rings. The summed E-state index contributed by atoms with van der Waals surface area (Å²) in [6.45, 7) is 0.648. The molecule has 0 radical (unpaired) electrons. The van der Waals surface area contributed by atoms with E-state index in [1.54, 1.807) is 18.7 Å². The van der Waals surface area contributed by atoms with Crippen molar-refractivity contribution >= 4 is 5.91 Å².